The van der Waals surface area contributed by atoms with Crippen molar-refractivity contribution in [2.45, 2.75) is 24.1 Å². The number of carbonyl (C=O) groups is 1. The molecule has 0 aromatic heterocycles. The third kappa shape index (κ3) is 2.69. The van der Waals surface area contributed by atoms with Crippen molar-refractivity contribution < 1.29 is 23.2 Å². The van der Waals surface area contributed by atoms with E-state index in [9.17, 15) is 4.79 Å². The van der Waals surface area contributed by atoms with Gasteiger partial charge in [-0.1, -0.05) is 0 Å². The van der Waals surface area contributed by atoms with Crippen LogP contribution in [0.15, 0.2) is 15.3 Å². The van der Waals surface area contributed by atoms with Crippen LogP contribution < -0.4 is 0 Å². The fourth-order valence-electron chi connectivity index (χ4n) is 1.09. The van der Waals surface area contributed by atoms with E-state index in [1.807, 2.05) is 6.08 Å². The van der Waals surface area contributed by atoms with Gasteiger partial charge in [0.25, 0.3) is 0 Å². The van der Waals surface area contributed by atoms with E-state index in [1.165, 1.54) is 18.4 Å². The van der Waals surface area contributed by atoms with Crippen LogP contribution in [0.3, 0.4) is 0 Å². The van der Waals surface area contributed by atoms with Gasteiger partial charge in [0.2, 0.25) is 0 Å². The Labute approximate surface area is 84.3 Å². The van der Waals surface area contributed by atoms with Gasteiger partial charge in [-0.3, -0.25) is 0 Å². The summed E-state index contributed by atoms with van der Waals surface area (Å²) in [6.07, 6.45) is 4.95. The minimum atomic E-state index is -0.0486. The van der Waals surface area contributed by atoms with E-state index in [0.717, 1.165) is 24.8 Å². The van der Waals surface area contributed by atoms with Crippen molar-refractivity contribution >= 4 is 21.8 Å². The average Bonchev–Trinajstić information content (AvgIpc) is 2.03. The maximum absolute atomic E-state index is 11.1. The van der Waals surface area contributed by atoms with Crippen molar-refractivity contribution in [3.8, 4) is 0 Å². The maximum atomic E-state index is 11.1. The fourth-order valence-corrected chi connectivity index (χ4v) is 2.07. The Kier molecular flexibility index (Phi) is 3.75. The normalized spacial score (nSPS) is 24.2. The molecule has 1 aliphatic rings. The van der Waals surface area contributed by atoms with Gasteiger partial charge in [0, 0.05) is 0 Å². The number of carbonyl (C=O) groups excluding carboxylic acids is 1. The molecular weight excluding hydrogens is 384 g/mol. The Balaban J connectivity index is 2.64. The standard InChI is InChI=1S/C7H8BrNO.Os/c8-6-3-1-2-5(4-6)7(9)10;/h2,6H,1,3-4H2;. The van der Waals surface area contributed by atoms with Crippen LogP contribution in [0, 0.1) is 0 Å². The third-order valence-electron chi connectivity index (χ3n) is 1.66. The van der Waals surface area contributed by atoms with Gasteiger partial charge in [-0.15, -0.1) is 0 Å². The third-order valence-corrected chi connectivity index (χ3v) is 2.96. The van der Waals surface area contributed by atoms with E-state index in [0.29, 0.717) is 4.83 Å². The summed E-state index contributed by atoms with van der Waals surface area (Å²) < 4.78 is 3.65. The number of alkyl halides is 1. The van der Waals surface area contributed by atoms with Crippen molar-refractivity contribution in [3.63, 3.8) is 0 Å². The first-order chi connectivity index (χ1) is 5.24. The molecule has 0 saturated carbocycles. The summed E-state index contributed by atoms with van der Waals surface area (Å²) >= 11 is 4.85. The first-order valence-corrected chi connectivity index (χ1v) is 5.47. The first-order valence-electron chi connectivity index (χ1n) is 3.42. The van der Waals surface area contributed by atoms with Crippen LogP contribution in [-0.4, -0.2) is 10.7 Å². The molecule has 0 spiro atoms. The summed E-state index contributed by atoms with van der Waals surface area (Å²) in [7, 11) is 0. The Hall–Kier alpha value is 0.326. The number of allylic oxidation sites excluding steroid dienone is 1. The fraction of sp³-hybridized carbons (Fsp3) is 0.571. The van der Waals surface area contributed by atoms with Crippen LogP contribution in [0.4, 0.5) is 0 Å². The zero-order valence-electron chi connectivity index (χ0n) is 5.86. The van der Waals surface area contributed by atoms with Crippen LogP contribution in [0.2, 0.25) is 0 Å². The Bertz CT molecular complexity index is 214. The van der Waals surface area contributed by atoms with E-state index < -0.39 is 0 Å². The van der Waals surface area contributed by atoms with Gasteiger partial charge in [-0.2, -0.15) is 0 Å². The number of amides is 1. The quantitative estimate of drug-likeness (QED) is 0.629. The second-order valence-electron chi connectivity index (χ2n) is 2.49. The molecule has 1 amide bonds. The van der Waals surface area contributed by atoms with E-state index in [4.69, 9.17) is 0 Å². The molecular formula is C7H8BrNOOs. The summed E-state index contributed by atoms with van der Waals surface area (Å²) in [5.74, 6) is -0.0486. The van der Waals surface area contributed by atoms with Crippen molar-refractivity contribution in [2.75, 3.05) is 0 Å². The van der Waals surface area contributed by atoms with Crippen molar-refractivity contribution in [1.82, 2.24) is 0 Å². The van der Waals surface area contributed by atoms with Gasteiger partial charge in [-0.25, -0.2) is 0 Å². The van der Waals surface area contributed by atoms with E-state index >= 15 is 0 Å². The van der Waals surface area contributed by atoms with Crippen molar-refractivity contribution in [3.05, 3.63) is 11.6 Å². The molecule has 0 aromatic rings. The predicted octanol–water partition coefficient (Wildman–Crippen LogP) is 2.12. The zero-order valence-corrected chi connectivity index (χ0v) is 9.99. The number of hydrogen-bond donors (Lipinski definition) is 0. The molecule has 0 radical (unpaired) electrons. The van der Waals surface area contributed by atoms with E-state index in [2.05, 4.69) is 19.6 Å². The SMILES string of the molecule is O=C([N]=[Os])C1=CCCC(Br)C1. The first kappa shape index (κ1) is 9.41. The molecule has 0 bridgehead atoms. The van der Waals surface area contributed by atoms with Crippen molar-refractivity contribution in [2.24, 2.45) is 3.65 Å². The van der Waals surface area contributed by atoms with Gasteiger partial charge in [0.1, 0.15) is 0 Å². The Morgan fingerprint density at radius 2 is 2.55 bits per heavy atom. The van der Waals surface area contributed by atoms with Crippen LogP contribution in [-0.2, 0) is 23.2 Å². The molecule has 0 heterocycles. The predicted molar refractivity (Wildman–Crippen MR) is 42.1 cm³/mol. The van der Waals surface area contributed by atoms with Crippen molar-refractivity contribution in [1.29, 1.82) is 0 Å². The average molecular weight is 392 g/mol. The molecule has 1 unspecified atom stereocenters. The Morgan fingerprint density at radius 3 is 3.09 bits per heavy atom. The van der Waals surface area contributed by atoms with Gasteiger partial charge >= 0.3 is 84.4 Å². The van der Waals surface area contributed by atoms with Crippen LogP contribution >= 0.6 is 15.9 Å². The molecule has 1 atom stereocenters. The second-order valence-corrected chi connectivity index (χ2v) is 4.36. The molecule has 2 nitrogen and oxygen atoms in total. The van der Waals surface area contributed by atoms with Crippen LogP contribution in [0.1, 0.15) is 19.3 Å². The molecule has 0 fully saturated rings. The number of hydrogen-bond acceptors (Lipinski definition) is 1. The molecule has 0 aliphatic heterocycles. The number of halogens is 1. The zero-order chi connectivity index (χ0) is 8.27. The monoisotopic (exact) mass is 393 g/mol. The van der Waals surface area contributed by atoms with Crippen LogP contribution in [0.25, 0.3) is 0 Å². The summed E-state index contributed by atoms with van der Waals surface area (Å²) in [5, 5.41) is 0. The molecule has 62 valence electrons. The minimum absolute atomic E-state index is 0.0486. The van der Waals surface area contributed by atoms with Gasteiger partial charge in [-0.05, 0) is 0 Å². The van der Waals surface area contributed by atoms with Gasteiger partial charge in [0.15, 0.2) is 0 Å². The second kappa shape index (κ2) is 4.38. The summed E-state index contributed by atoms with van der Waals surface area (Å²) in [6, 6.07) is 0. The van der Waals surface area contributed by atoms with E-state index in [1.54, 1.807) is 0 Å². The molecule has 11 heavy (non-hydrogen) atoms. The van der Waals surface area contributed by atoms with Gasteiger partial charge < -0.3 is 0 Å². The summed E-state index contributed by atoms with van der Waals surface area (Å²) in [5.41, 5.74) is 0.869. The molecule has 4 heteroatoms. The molecule has 0 aromatic carbocycles. The van der Waals surface area contributed by atoms with Gasteiger partial charge in [0.05, 0.1) is 0 Å². The molecule has 1 rings (SSSR count). The summed E-state index contributed by atoms with van der Waals surface area (Å²) in [4.78, 5) is 11.5. The van der Waals surface area contributed by atoms with Crippen LogP contribution in [0.5, 0.6) is 0 Å². The molecule has 0 saturated heterocycles. The topological polar surface area (TPSA) is 29.4 Å². The molecule has 1 aliphatic carbocycles. The number of rotatable bonds is 1. The molecule has 0 N–H and O–H groups in total. The van der Waals surface area contributed by atoms with E-state index in [-0.39, 0.29) is 5.91 Å². The summed E-state index contributed by atoms with van der Waals surface area (Å²) in [6.45, 7) is 0. The number of nitrogens with zero attached hydrogens (tertiary/aromatic N) is 1. The Morgan fingerprint density at radius 1 is 1.82 bits per heavy atom.